The van der Waals surface area contributed by atoms with E-state index < -0.39 is 0 Å². The molecule has 112 valence electrons. The van der Waals surface area contributed by atoms with Crippen molar-refractivity contribution in [3.63, 3.8) is 0 Å². The first-order valence-electron chi connectivity index (χ1n) is 6.87. The number of nitrogens with zero attached hydrogens (tertiary/aromatic N) is 1. The van der Waals surface area contributed by atoms with Crippen molar-refractivity contribution in [3.8, 4) is 0 Å². The predicted octanol–water partition coefficient (Wildman–Crippen LogP) is 4.13. The van der Waals surface area contributed by atoms with Gasteiger partial charge in [0.2, 0.25) is 5.91 Å². The number of rotatable bonds is 4. The zero-order chi connectivity index (χ0) is 15.6. The van der Waals surface area contributed by atoms with Gasteiger partial charge in [0.25, 0.3) is 0 Å². The predicted molar refractivity (Wildman–Crippen MR) is 83.9 cm³/mol. The van der Waals surface area contributed by atoms with Crippen molar-refractivity contribution in [2.75, 3.05) is 5.32 Å². The molecule has 0 atom stereocenters. The molecule has 0 aliphatic rings. The fraction of sp³-hybridized carbons (Fsp3) is 0.375. The lowest BCUT2D eigenvalue weighted by Crippen LogP contribution is -2.14. The molecule has 1 aromatic carbocycles. The lowest BCUT2D eigenvalue weighted by molar-refractivity contribution is -0.116. The average Bonchev–Trinajstić information content (AvgIpc) is 2.71. The Morgan fingerprint density at radius 3 is 2.57 bits per heavy atom. The maximum Gasteiger partial charge on any atom is 0.224 e. The molecule has 0 bridgehead atoms. The number of hydrogen-bond donors (Lipinski definition) is 1. The van der Waals surface area contributed by atoms with Gasteiger partial charge in [0.1, 0.15) is 5.76 Å². The highest BCUT2D eigenvalue weighted by Gasteiger charge is 2.13. The second-order valence-electron chi connectivity index (χ2n) is 5.29. The minimum Gasteiger partial charge on any atom is -0.361 e. The number of aryl methyl sites for hydroxylation is 4. The molecular formula is C16H19ClN2O2. The Morgan fingerprint density at radius 1 is 1.29 bits per heavy atom. The molecule has 0 radical (unpaired) electrons. The summed E-state index contributed by atoms with van der Waals surface area (Å²) in [6.07, 6.45) is 0.974. The van der Waals surface area contributed by atoms with Crippen LogP contribution in [-0.2, 0) is 11.2 Å². The van der Waals surface area contributed by atoms with Gasteiger partial charge in [0, 0.05) is 12.0 Å². The summed E-state index contributed by atoms with van der Waals surface area (Å²) in [7, 11) is 0. The van der Waals surface area contributed by atoms with E-state index in [4.69, 9.17) is 16.1 Å². The molecule has 21 heavy (non-hydrogen) atoms. The van der Waals surface area contributed by atoms with Crippen LogP contribution in [0.25, 0.3) is 0 Å². The van der Waals surface area contributed by atoms with Gasteiger partial charge in [-0.2, -0.15) is 0 Å². The van der Waals surface area contributed by atoms with Crippen LogP contribution < -0.4 is 5.32 Å². The molecule has 0 spiro atoms. The minimum absolute atomic E-state index is 0.0659. The third-order valence-electron chi connectivity index (χ3n) is 3.48. The molecule has 0 fully saturated rings. The van der Waals surface area contributed by atoms with Gasteiger partial charge in [0.15, 0.2) is 0 Å². The first-order chi connectivity index (χ1) is 9.88. The van der Waals surface area contributed by atoms with E-state index in [1.807, 2.05) is 39.8 Å². The monoisotopic (exact) mass is 306 g/mol. The maximum absolute atomic E-state index is 12.1. The smallest absolute Gasteiger partial charge is 0.224 e. The molecule has 2 rings (SSSR count). The van der Waals surface area contributed by atoms with Crippen LogP contribution in [0.2, 0.25) is 5.02 Å². The van der Waals surface area contributed by atoms with Gasteiger partial charge >= 0.3 is 0 Å². The molecule has 0 saturated heterocycles. The van der Waals surface area contributed by atoms with Crippen molar-refractivity contribution in [2.24, 2.45) is 0 Å². The molecule has 1 N–H and O–H groups in total. The van der Waals surface area contributed by atoms with E-state index in [1.165, 1.54) is 0 Å². The molecule has 1 amide bonds. The molecular weight excluding hydrogens is 288 g/mol. The summed E-state index contributed by atoms with van der Waals surface area (Å²) in [6.45, 7) is 7.64. The third kappa shape index (κ3) is 3.64. The SMILES string of the molecule is Cc1cc(C)c(NC(=O)CCc2c(C)noc2C)c(Cl)c1. The van der Waals surface area contributed by atoms with Crippen molar-refractivity contribution >= 4 is 23.2 Å². The van der Waals surface area contributed by atoms with Crippen LogP contribution in [0.15, 0.2) is 16.7 Å². The molecule has 0 aliphatic heterocycles. The molecule has 0 aliphatic carbocycles. The van der Waals surface area contributed by atoms with Gasteiger partial charge in [-0.05, 0) is 51.3 Å². The molecule has 1 aromatic heterocycles. The van der Waals surface area contributed by atoms with Gasteiger partial charge in [-0.1, -0.05) is 22.8 Å². The number of anilines is 1. The number of carbonyl (C=O) groups excluding carboxylic acids is 1. The van der Waals surface area contributed by atoms with E-state index in [1.54, 1.807) is 0 Å². The lowest BCUT2D eigenvalue weighted by Gasteiger charge is -2.11. The first-order valence-corrected chi connectivity index (χ1v) is 7.24. The number of carbonyl (C=O) groups is 1. The summed E-state index contributed by atoms with van der Waals surface area (Å²) >= 11 is 6.19. The van der Waals surface area contributed by atoms with Gasteiger partial charge in [-0.25, -0.2) is 0 Å². The van der Waals surface area contributed by atoms with Crippen LogP contribution >= 0.6 is 11.6 Å². The molecule has 0 unspecified atom stereocenters. The number of amides is 1. The Morgan fingerprint density at radius 2 is 2.00 bits per heavy atom. The van der Waals surface area contributed by atoms with Crippen LogP contribution in [0, 0.1) is 27.7 Å². The van der Waals surface area contributed by atoms with Crippen molar-refractivity contribution in [3.05, 3.63) is 45.3 Å². The molecule has 4 nitrogen and oxygen atoms in total. The molecule has 5 heteroatoms. The van der Waals surface area contributed by atoms with E-state index in [9.17, 15) is 4.79 Å². The van der Waals surface area contributed by atoms with Gasteiger partial charge in [-0.15, -0.1) is 0 Å². The van der Waals surface area contributed by atoms with Gasteiger partial charge in [-0.3, -0.25) is 4.79 Å². The van der Waals surface area contributed by atoms with Gasteiger partial charge in [0.05, 0.1) is 16.4 Å². The van der Waals surface area contributed by atoms with Crippen LogP contribution in [0.3, 0.4) is 0 Å². The minimum atomic E-state index is -0.0659. The van der Waals surface area contributed by atoms with Crippen LogP contribution in [0.1, 0.15) is 34.6 Å². The largest absolute Gasteiger partial charge is 0.361 e. The summed E-state index contributed by atoms with van der Waals surface area (Å²) < 4.78 is 5.09. The van der Waals surface area contributed by atoms with Gasteiger partial charge < -0.3 is 9.84 Å². The topological polar surface area (TPSA) is 55.1 Å². The summed E-state index contributed by atoms with van der Waals surface area (Å²) in [6, 6.07) is 3.84. The van der Waals surface area contributed by atoms with Crippen molar-refractivity contribution in [2.45, 2.75) is 40.5 Å². The van der Waals surface area contributed by atoms with Crippen LogP contribution in [0.5, 0.6) is 0 Å². The van der Waals surface area contributed by atoms with E-state index in [2.05, 4.69) is 10.5 Å². The normalized spacial score (nSPS) is 10.7. The lowest BCUT2D eigenvalue weighted by atomic mass is 10.1. The Labute approximate surface area is 129 Å². The number of benzene rings is 1. The third-order valence-corrected chi connectivity index (χ3v) is 3.78. The zero-order valence-corrected chi connectivity index (χ0v) is 13.5. The Balaban J connectivity index is 2.03. The van der Waals surface area contributed by atoms with E-state index in [-0.39, 0.29) is 5.91 Å². The molecule has 2 aromatic rings. The number of nitrogens with one attached hydrogen (secondary N) is 1. The average molecular weight is 307 g/mol. The van der Waals surface area contributed by atoms with E-state index in [0.29, 0.717) is 23.6 Å². The summed E-state index contributed by atoms with van der Waals surface area (Å²) in [5, 5.41) is 7.34. The summed E-state index contributed by atoms with van der Waals surface area (Å²) in [5.41, 5.74) is 4.56. The van der Waals surface area contributed by atoms with E-state index in [0.717, 1.165) is 28.1 Å². The summed E-state index contributed by atoms with van der Waals surface area (Å²) in [4.78, 5) is 12.1. The quantitative estimate of drug-likeness (QED) is 0.924. The van der Waals surface area contributed by atoms with Crippen LogP contribution in [-0.4, -0.2) is 11.1 Å². The zero-order valence-electron chi connectivity index (χ0n) is 12.7. The highest BCUT2D eigenvalue weighted by Crippen LogP contribution is 2.27. The number of aromatic nitrogens is 1. The Kier molecular flexibility index (Phi) is 4.68. The highest BCUT2D eigenvalue weighted by atomic mass is 35.5. The summed E-state index contributed by atoms with van der Waals surface area (Å²) in [5.74, 6) is 0.703. The standard InChI is InChI=1S/C16H19ClN2O2/c1-9-7-10(2)16(14(17)8-9)18-15(20)6-5-13-11(3)19-21-12(13)4/h7-8H,5-6H2,1-4H3,(H,18,20). The second-order valence-corrected chi connectivity index (χ2v) is 5.70. The van der Waals surface area contributed by atoms with Crippen molar-refractivity contribution in [1.82, 2.24) is 5.16 Å². The fourth-order valence-corrected chi connectivity index (χ4v) is 2.74. The molecule has 1 heterocycles. The van der Waals surface area contributed by atoms with Crippen molar-refractivity contribution < 1.29 is 9.32 Å². The number of hydrogen-bond acceptors (Lipinski definition) is 3. The Hall–Kier alpha value is -1.81. The van der Waals surface area contributed by atoms with Crippen LogP contribution in [0.4, 0.5) is 5.69 Å². The second kappa shape index (κ2) is 6.31. The number of halogens is 1. The Bertz CT molecular complexity index is 634. The van der Waals surface area contributed by atoms with Crippen molar-refractivity contribution in [1.29, 1.82) is 0 Å². The fourth-order valence-electron chi connectivity index (χ4n) is 2.37. The highest BCUT2D eigenvalue weighted by molar-refractivity contribution is 6.34. The van der Waals surface area contributed by atoms with E-state index >= 15 is 0 Å². The first kappa shape index (κ1) is 15.6. The maximum atomic E-state index is 12.1. The molecule has 0 saturated carbocycles.